The van der Waals surface area contributed by atoms with Gasteiger partial charge in [-0.25, -0.2) is 9.67 Å². The fraction of sp³-hybridized carbons (Fsp3) is 0.833. The molecular weight excluding hydrogens is 232 g/mol. The van der Waals surface area contributed by atoms with E-state index >= 15 is 0 Å². The monoisotopic (exact) mass is 254 g/mol. The number of aromatic nitrogens is 3. The van der Waals surface area contributed by atoms with Crippen LogP contribution >= 0.6 is 11.8 Å². The van der Waals surface area contributed by atoms with E-state index in [-0.39, 0.29) is 0 Å². The molecule has 1 fully saturated rings. The number of nitrogens with zero attached hydrogens (tertiary/aromatic N) is 3. The lowest BCUT2D eigenvalue weighted by molar-refractivity contribution is 0.407. The van der Waals surface area contributed by atoms with Crippen LogP contribution in [0, 0.1) is 5.92 Å². The van der Waals surface area contributed by atoms with Gasteiger partial charge in [0.25, 0.3) is 0 Å². The van der Waals surface area contributed by atoms with Gasteiger partial charge in [0, 0.05) is 24.3 Å². The molecule has 0 aromatic carbocycles. The molecular formula is C12H22N4S. The lowest BCUT2D eigenvalue weighted by atomic mass is 9.99. The van der Waals surface area contributed by atoms with Crippen LogP contribution in [0.5, 0.6) is 0 Å². The molecule has 2 heterocycles. The van der Waals surface area contributed by atoms with Crippen LogP contribution < -0.4 is 5.32 Å². The lowest BCUT2D eigenvalue weighted by Crippen LogP contribution is -2.36. The molecule has 1 saturated heterocycles. The van der Waals surface area contributed by atoms with E-state index in [9.17, 15) is 0 Å². The zero-order valence-electron chi connectivity index (χ0n) is 10.9. The van der Waals surface area contributed by atoms with Gasteiger partial charge >= 0.3 is 0 Å². The van der Waals surface area contributed by atoms with Gasteiger partial charge in [-0.15, -0.1) is 0 Å². The Morgan fingerprint density at radius 1 is 1.53 bits per heavy atom. The van der Waals surface area contributed by atoms with Gasteiger partial charge in [-0.05, 0) is 32.1 Å². The summed E-state index contributed by atoms with van der Waals surface area (Å²) in [7, 11) is 0. The van der Waals surface area contributed by atoms with Crippen LogP contribution in [0.2, 0.25) is 0 Å². The average molecular weight is 254 g/mol. The van der Waals surface area contributed by atoms with Gasteiger partial charge in [0.1, 0.15) is 12.2 Å². The maximum atomic E-state index is 4.41. The summed E-state index contributed by atoms with van der Waals surface area (Å²) >= 11 is 2.05. The Kier molecular flexibility index (Phi) is 4.45. The summed E-state index contributed by atoms with van der Waals surface area (Å²) in [5.74, 6) is 4.30. The number of hydrogen-bond acceptors (Lipinski definition) is 4. The van der Waals surface area contributed by atoms with Crippen molar-refractivity contribution in [2.75, 3.05) is 18.1 Å². The van der Waals surface area contributed by atoms with Crippen molar-refractivity contribution in [3.05, 3.63) is 12.2 Å². The van der Waals surface area contributed by atoms with E-state index in [1.807, 2.05) is 16.4 Å². The van der Waals surface area contributed by atoms with Gasteiger partial charge < -0.3 is 5.32 Å². The molecule has 1 aromatic heterocycles. The Hall–Kier alpha value is -0.550. The molecule has 0 spiro atoms. The molecule has 0 amide bonds. The molecule has 1 N–H and O–H groups in total. The molecule has 0 bridgehead atoms. The van der Waals surface area contributed by atoms with Crippen LogP contribution in [0.15, 0.2) is 6.33 Å². The van der Waals surface area contributed by atoms with Crippen molar-refractivity contribution in [3.8, 4) is 0 Å². The Labute approximate surface area is 108 Å². The first-order chi connectivity index (χ1) is 8.22. The van der Waals surface area contributed by atoms with E-state index in [4.69, 9.17) is 0 Å². The van der Waals surface area contributed by atoms with Crippen molar-refractivity contribution in [2.24, 2.45) is 5.92 Å². The highest BCUT2D eigenvalue weighted by Crippen LogP contribution is 2.27. The summed E-state index contributed by atoms with van der Waals surface area (Å²) < 4.78 is 2.05. The smallest absolute Gasteiger partial charge is 0.138 e. The molecule has 1 aliphatic heterocycles. The molecule has 5 heteroatoms. The van der Waals surface area contributed by atoms with Crippen molar-refractivity contribution >= 4 is 11.8 Å². The van der Waals surface area contributed by atoms with Crippen molar-refractivity contribution in [2.45, 2.75) is 39.3 Å². The molecule has 4 nitrogen and oxygen atoms in total. The predicted molar refractivity (Wildman–Crippen MR) is 72.4 cm³/mol. The zero-order valence-corrected chi connectivity index (χ0v) is 11.7. The minimum absolute atomic E-state index is 0.402. The van der Waals surface area contributed by atoms with E-state index in [2.05, 4.69) is 36.2 Å². The van der Waals surface area contributed by atoms with Crippen molar-refractivity contribution in [1.29, 1.82) is 0 Å². The largest absolute Gasteiger partial charge is 0.313 e. The maximum absolute atomic E-state index is 4.41. The summed E-state index contributed by atoms with van der Waals surface area (Å²) in [4.78, 5) is 4.41. The molecule has 17 heavy (non-hydrogen) atoms. The average Bonchev–Trinajstić information content (AvgIpc) is 2.89. The molecule has 2 rings (SSSR count). The molecule has 0 aliphatic carbocycles. The number of rotatable bonds is 5. The van der Waals surface area contributed by atoms with Gasteiger partial charge in [-0.2, -0.15) is 16.9 Å². The SMILES string of the molecule is CCNC1CSCC1Cc1ncnn1C(C)C. The first-order valence-electron chi connectivity index (χ1n) is 6.41. The van der Waals surface area contributed by atoms with E-state index in [0.717, 1.165) is 18.8 Å². The summed E-state index contributed by atoms with van der Waals surface area (Å²) in [5.41, 5.74) is 0. The highest BCUT2D eigenvalue weighted by Gasteiger charge is 2.28. The quantitative estimate of drug-likeness (QED) is 0.869. The second kappa shape index (κ2) is 5.87. The topological polar surface area (TPSA) is 42.7 Å². The molecule has 96 valence electrons. The van der Waals surface area contributed by atoms with E-state index < -0.39 is 0 Å². The summed E-state index contributed by atoms with van der Waals surface area (Å²) in [6.45, 7) is 7.54. The highest BCUT2D eigenvalue weighted by molar-refractivity contribution is 7.99. The molecule has 1 aliphatic rings. The first-order valence-corrected chi connectivity index (χ1v) is 7.57. The van der Waals surface area contributed by atoms with Crippen molar-refractivity contribution < 1.29 is 0 Å². The fourth-order valence-corrected chi connectivity index (χ4v) is 3.81. The van der Waals surface area contributed by atoms with Crippen molar-refractivity contribution in [3.63, 3.8) is 0 Å². The molecule has 2 unspecified atom stereocenters. The minimum Gasteiger partial charge on any atom is -0.313 e. The minimum atomic E-state index is 0.402. The van der Waals surface area contributed by atoms with Gasteiger partial charge in [-0.1, -0.05) is 6.92 Å². The highest BCUT2D eigenvalue weighted by atomic mass is 32.2. The summed E-state index contributed by atoms with van der Waals surface area (Å²) in [5, 5.41) is 7.88. The Balaban J connectivity index is 2.02. The van der Waals surface area contributed by atoms with Gasteiger partial charge in [0.15, 0.2) is 0 Å². The van der Waals surface area contributed by atoms with Crippen LogP contribution in [0.4, 0.5) is 0 Å². The Bertz CT molecular complexity index is 350. The third-order valence-corrected chi connectivity index (χ3v) is 4.50. The molecule has 2 atom stereocenters. The normalized spacial score (nSPS) is 24.7. The van der Waals surface area contributed by atoms with Gasteiger partial charge in [0.2, 0.25) is 0 Å². The fourth-order valence-electron chi connectivity index (χ4n) is 2.37. The molecule has 0 saturated carbocycles. The van der Waals surface area contributed by atoms with Gasteiger partial charge in [-0.3, -0.25) is 0 Å². The van der Waals surface area contributed by atoms with E-state index in [0.29, 0.717) is 18.0 Å². The maximum Gasteiger partial charge on any atom is 0.138 e. The zero-order chi connectivity index (χ0) is 12.3. The van der Waals surface area contributed by atoms with E-state index in [1.54, 1.807) is 6.33 Å². The lowest BCUT2D eigenvalue weighted by Gasteiger charge is -2.19. The second-order valence-electron chi connectivity index (χ2n) is 4.88. The molecule has 0 radical (unpaired) electrons. The predicted octanol–water partition coefficient (Wildman–Crippen LogP) is 1.74. The summed E-state index contributed by atoms with van der Waals surface area (Å²) in [6.07, 6.45) is 2.72. The van der Waals surface area contributed by atoms with Crippen LogP contribution in [0.3, 0.4) is 0 Å². The molecule has 1 aromatic rings. The standard InChI is InChI=1S/C12H22N4S/c1-4-13-11-7-17-6-10(11)5-12-14-8-15-16(12)9(2)3/h8-11,13H,4-7H2,1-3H3. The Morgan fingerprint density at radius 3 is 3.06 bits per heavy atom. The number of thioether (sulfide) groups is 1. The third-order valence-electron chi connectivity index (χ3n) is 3.25. The van der Waals surface area contributed by atoms with Crippen LogP contribution in [0.1, 0.15) is 32.6 Å². The number of hydrogen-bond donors (Lipinski definition) is 1. The van der Waals surface area contributed by atoms with Crippen LogP contribution in [0.25, 0.3) is 0 Å². The summed E-state index contributed by atoms with van der Waals surface area (Å²) in [6, 6.07) is 1.04. The van der Waals surface area contributed by atoms with Crippen LogP contribution in [-0.2, 0) is 6.42 Å². The second-order valence-corrected chi connectivity index (χ2v) is 5.96. The van der Waals surface area contributed by atoms with Gasteiger partial charge in [0.05, 0.1) is 0 Å². The first kappa shape index (κ1) is 12.9. The van der Waals surface area contributed by atoms with Crippen LogP contribution in [-0.4, -0.2) is 38.9 Å². The van der Waals surface area contributed by atoms with E-state index in [1.165, 1.54) is 11.5 Å². The third kappa shape index (κ3) is 3.01. The van der Waals surface area contributed by atoms with Crippen molar-refractivity contribution in [1.82, 2.24) is 20.1 Å². The Morgan fingerprint density at radius 2 is 2.35 bits per heavy atom. The number of nitrogens with one attached hydrogen (secondary N) is 1.